The molecule has 1 aromatic carbocycles. The standard InChI is InChI=1S/C12H15BrN2OS/c1-7-12(16)14-9-6-8(11(13)15(2)3)4-5-10(9)17-7/h4-7,11H,1-3H3,(H,14,16). The summed E-state index contributed by atoms with van der Waals surface area (Å²) < 4.78 is 0. The molecule has 0 bridgehead atoms. The molecule has 0 spiro atoms. The van der Waals surface area contributed by atoms with Crippen LogP contribution in [-0.2, 0) is 4.79 Å². The van der Waals surface area contributed by atoms with E-state index in [1.807, 2.05) is 27.1 Å². The Morgan fingerprint density at radius 2 is 2.18 bits per heavy atom. The molecule has 0 aromatic heterocycles. The van der Waals surface area contributed by atoms with Gasteiger partial charge in [0.1, 0.15) is 0 Å². The monoisotopic (exact) mass is 314 g/mol. The zero-order valence-electron chi connectivity index (χ0n) is 10.0. The lowest BCUT2D eigenvalue weighted by molar-refractivity contribution is -0.115. The number of halogens is 1. The van der Waals surface area contributed by atoms with Gasteiger partial charge in [-0.25, -0.2) is 0 Å². The van der Waals surface area contributed by atoms with Gasteiger partial charge in [0.25, 0.3) is 0 Å². The van der Waals surface area contributed by atoms with Crippen LogP contribution in [0.5, 0.6) is 0 Å². The molecule has 2 atom stereocenters. The van der Waals surface area contributed by atoms with Crippen LogP contribution in [0, 0.1) is 0 Å². The molecule has 0 saturated carbocycles. The van der Waals surface area contributed by atoms with Crippen molar-refractivity contribution in [3.05, 3.63) is 23.8 Å². The molecule has 1 heterocycles. The number of nitrogens with one attached hydrogen (secondary N) is 1. The van der Waals surface area contributed by atoms with Crippen molar-refractivity contribution in [3.63, 3.8) is 0 Å². The Kier molecular flexibility index (Phi) is 3.80. The summed E-state index contributed by atoms with van der Waals surface area (Å²) in [6.45, 7) is 1.92. The van der Waals surface area contributed by atoms with Crippen molar-refractivity contribution in [3.8, 4) is 0 Å². The fourth-order valence-electron chi connectivity index (χ4n) is 1.67. The van der Waals surface area contributed by atoms with E-state index in [9.17, 15) is 4.79 Å². The molecule has 17 heavy (non-hydrogen) atoms. The first kappa shape index (κ1) is 12.9. The predicted octanol–water partition coefficient (Wildman–Crippen LogP) is 3.07. The number of carbonyl (C=O) groups is 1. The number of anilines is 1. The summed E-state index contributed by atoms with van der Waals surface area (Å²) in [5.41, 5.74) is 2.06. The fourth-order valence-corrected chi connectivity index (χ4v) is 2.89. The van der Waals surface area contributed by atoms with E-state index in [-0.39, 0.29) is 16.1 Å². The van der Waals surface area contributed by atoms with Crippen LogP contribution in [0.15, 0.2) is 23.1 Å². The molecule has 0 radical (unpaired) electrons. The van der Waals surface area contributed by atoms with Crippen LogP contribution in [0.25, 0.3) is 0 Å². The van der Waals surface area contributed by atoms with Gasteiger partial charge in [-0.1, -0.05) is 22.0 Å². The molecule has 0 fully saturated rings. The van der Waals surface area contributed by atoms with E-state index in [1.165, 1.54) is 0 Å². The van der Waals surface area contributed by atoms with Crippen molar-refractivity contribution in [2.45, 2.75) is 22.0 Å². The highest BCUT2D eigenvalue weighted by Gasteiger charge is 2.23. The second-order valence-corrected chi connectivity index (χ2v) is 6.55. The summed E-state index contributed by atoms with van der Waals surface area (Å²) >= 11 is 5.22. The molecule has 2 unspecified atom stereocenters. The van der Waals surface area contributed by atoms with Crippen molar-refractivity contribution in [1.29, 1.82) is 0 Å². The van der Waals surface area contributed by atoms with Crippen molar-refractivity contribution in [2.75, 3.05) is 19.4 Å². The first-order valence-corrected chi connectivity index (χ1v) is 7.20. The Labute approximate surface area is 114 Å². The number of thioether (sulfide) groups is 1. The zero-order chi connectivity index (χ0) is 12.6. The minimum atomic E-state index is -0.0121. The van der Waals surface area contributed by atoms with Gasteiger partial charge in [-0.15, -0.1) is 11.8 Å². The summed E-state index contributed by atoms with van der Waals surface area (Å²) in [7, 11) is 4.02. The molecule has 1 N–H and O–H groups in total. The molecule has 5 heteroatoms. The van der Waals surface area contributed by atoms with Crippen LogP contribution in [0.2, 0.25) is 0 Å². The average molecular weight is 315 g/mol. The van der Waals surface area contributed by atoms with Gasteiger partial charge in [0, 0.05) is 4.90 Å². The second kappa shape index (κ2) is 5.00. The molecule has 1 aliphatic rings. The van der Waals surface area contributed by atoms with Gasteiger partial charge in [0.15, 0.2) is 0 Å². The second-order valence-electron chi connectivity index (χ2n) is 4.30. The average Bonchev–Trinajstić information content (AvgIpc) is 2.29. The topological polar surface area (TPSA) is 32.3 Å². The Balaban J connectivity index is 2.32. The Morgan fingerprint density at radius 1 is 1.47 bits per heavy atom. The lowest BCUT2D eigenvalue weighted by Gasteiger charge is -2.24. The van der Waals surface area contributed by atoms with Crippen LogP contribution in [0.4, 0.5) is 5.69 Å². The molecule has 3 nitrogen and oxygen atoms in total. The van der Waals surface area contributed by atoms with E-state index in [4.69, 9.17) is 0 Å². The molecular weight excluding hydrogens is 300 g/mol. The third-order valence-corrected chi connectivity index (χ3v) is 5.19. The number of nitrogens with zero attached hydrogens (tertiary/aromatic N) is 1. The molecular formula is C12H15BrN2OS. The van der Waals surface area contributed by atoms with Crippen LogP contribution < -0.4 is 5.32 Å². The summed E-state index contributed by atoms with van der Waals surface area (Å²) in [6.07, 6.45) is 0. The van der Waals surface area contributed by atoms with E-state index < -0.39 is 0 Å². The van der Waals surface area contributed by atoms with E-state index in [0.29, 0.717) is 0 Å². The van der Waals surface area contributed by atoms with Gasteiger partial charge >= 0.3 is 0 Å². The summed E-state index contributed by atoms with van der Waals surface area (Å²) in [5, 5.41) is 2.93. The smallest absolute Gasteiger partial charge is 0.237 e. The highest BCUT2D eigenvalue weighted by atomic mass is 79.9. The van der Waals surface area contributed by atoms with Gasteiger partial charge in [-0.05, 0) is 38.7 Å². The molecule has 1 amide bonds. The fraction of sp³-hybridized carbons (Fsp3) is 0.417. The maximum Gasteiger partial charge on any atom is 0.237 e. The van der Waals surface area contributed by atoms with E-state index >= 15 is 0 Å². The van der Waals surface area contributed by atoms with Gasteiger partial charge in [-0.2, -0.15) is 0 Å². The molecule has 2 rings (SSSR count). The first-order chi connectivity index (χ1) is 7.99. The van der Waals surface area contributed by atoms with Crippen molar-refractivity contribution < 1.29 is 4.79 Å². The van der Waals surface area contributed by atoms with Gasteiger partial charge in [0.05, 0.1) is 15.9 Å². The lowest BCUT2D eigenvalue weighted by Crippen LogP contribution is -2.26. The number of hydrogen-bond donors (Lipinski definition) is 1. The Hall–Kier alpha value is -0.520. The number of carbonyl (C=O) groups excluding carboxylic acids is 1. The molecule has 0 saturated heterocycles. The normalized spacial score (nSPS) is 21.0. The minimum absolute atomic E-state index is 0.0121. The number of fused-ring (bicyclic) bond motifs is 1. The third-order valence-electron chi connectivity index (χ3n) is 2.66. The van der Waals surface area contributed by atoms with Crippen molar-refractivity contribution in [1.82, 2.24) is 4.90 Å². The number of amides is 1. The van der Waals surface area contributed by atoms with Gasteiger partial charge in [0.2, 0.25) is 5.91 Å². The largest absolute Gasteiger partial charge is 0.324 e. The molecule has 92 valence electrons. The lowest BCUT2D eigenvalue weighted by atomic mass is 10.2. The number of rotatable bonds is 2. The summed E-state index contributed by atoms with van der Waals surface area (Å²) in [5.74, 6) is 0.0793. The quantitative estimate of drug-likeness (QED) is 0.672. The number of alkyl halides is 1. The van der Waals surface area contributed by atoms with Crippen LogP contribution in [-0.4, -0.2) is 30.2 Å². The van der Waals surface area contributed by atoms with Crippen LogP contribution in [0.1, 0.15) is 17.4 Å². The first-order valence-electron chi connectivity index (χ1n) is 5.41. The van der Waals surface area contributed by atoms with Crippen LogP contribution >= 0.6 is 27.7 Å². The number of benzene rings is 1. The maximum absolute atomic E-state index is 11.6. The SMILES string of the molecule is CC1Sc2ccc(C(Br)N(C)C)cc2NC1=O. The van der Waals surface area contributed by atoms with Crippen molar-refractivity contribution >= 4 is 39.3 Å². The summed E-state index contributed by atoms with van der Waals surface area (Å²) in [6, 6.07) is 6.20. The highest BCUT2D eigenvalue weighted by Crippen LogP contribution is 2.38. The third kappa shape index (κ3) is 2.67. The van der Waals surface area contributed by atoms with E-state index in [2.05, 4.69) is 38.3 Å². The Morgan fingerprint density at radius 3 is 2.82 bits per heavy atom. The highest BCUT2D eigenvalue weighted by molar-refractivity contribution is 9.09. The molecule has 0 aliphatic carbocycles. The van der Waals surface area contributed by atoms with Gasteiger partial charge in [-0.3, -0.25) is 9.69 Å². The minimum Gasteiger partial charge on any atom is -0.324 e. The van der Waals surface area contributed by atoms with E-state index in [1.54, 1.807) is 11.8 Å². The zero-order valence-corrected chi connectivity index (χ0v) is 12.4. The van der Waals surface area contributed by atoms with Gasteiger partial charge < -0.3 is 5.32 Å². The number of hydrogen-bond acceptors (Lipinski definition) is 3. The molecule has 1 aromatic rings. The maximum atomic E-state index is 11.6. The predicted molar refractivity (Wildman–Crippen MR) is 75.7 cm³/mol. The summed E-state index contributed by atoms with van der Waals surface area (Å²) in [4.78, 5) is 15.0. The van der Waals surface area contributed by atoms with Crippen LogP contribution in [0.3, 0.4) is 0 Å². The molecule has 1 aliphatic heterocycles. The Bertz CT molecular complexity index is 450. The van der Waals surface area contributed by atoms with E-state index in [0.717, 1.165) is 16.1 Å². The van der Waals surface area contributed by atoms with Crippen molar-refractivity contribution in [2.24, 2.45) is 0 Å².